The van der Waals surface area contributed by atoms with Crippen LogP contribution in [0.2, 0.25) is 0 Å². The molecule has 0 saturated carbocycles. The molecule has 6 rings (SSSR count). The fourth-order valence-corrected chi connectivity index (χ4v) is 9.89. The van der Waals surface area contributed by atoms with E-state index < -0.39 is 53.3 Å². The van der Waals surface area contributed by atoms with Crippen LogP contribution in [0.25, 0.3) is 0 Å². The van der Waals surface area contributed by atoms with Crippen LogP contribution in [0, 0.1) is 25.2 Å². The maximum atomic E-state index is 12.8. The Morgan fingerprint density at radius 2 is 1.90 bits per heavy atom. The number of piperazine rings is 1. The number of amides is 1. The quantitative estimate of drug-likeness (QED) is 0.163. The zero-order valence-corrected chi connectivity index (χ0v) is 30.6. The predicted octanol–water partition coefficient (Wildman–Crippen LogP) is 3.22. The fourth-order valence-electron chi connectivity index (χ4n) is 8.43. The highest BCUT2D eigenvalue weighted by Crippen LogP contribution is 2.63. The van der Waals surface area contributed by atoms with Gasteiger partial charge in [0.1, 0.15) is 18.4 Å². The Morgan fingerprint density at radius 3 is 2.56 bits per heavy atom. The van der Waals surface area contributed by atoms with E-state index in [1.807, 2.05) is 31.9 Å². The van der Waals surface area contributed by atoms with Crippen molar-refractivity contribution < 1.29 is 53.1 Å². The van der Waals surface area contributed by atoms with Gasteiger partial charge in [-0.2, -0.15) is 5.26 Å². The van der Waals surface area contributed by atoms with Crippen molar-refractivity contribution >= 4 is 36.1 Å². The SMILES string of the molecule is COc1c(C)cc2c(c1O)[C@H]1C3[C@H](SC[C@@H](C)NC(=O)CCC(=O)O)c4c(OC(C)=O)c(C)c5c(c4[C@H](COC=O)N3[C@@H](C#N)[C@H](C2)N1C)OCO5. The molecule has 4 aliphatic heterocycles. The highest BCUT2D eigenvalue weighted by atomic mass is 32.2. The van der Waals surface area contributed by atoms with Gasteiger partial charge in [0.05, 0.1) is 36.9 Å². The molecule has 1 unspecified atom stereocenters. The Balaban J connectivity index is 1.60. The molecule has 0 radical (unpaired) electrons. The molecule has 0 aromatic heterocycles. The van der Waals surface area contributed by atoms with Crippen LogP contribution in [0.3, 0.4) is 0 Å². The average Bonchev–Trinajstić information content (AvgIpc) is 3.58. The van der Waals surface area contributed by atoms with Gasteiger partial charge in [-0.25, -0.2) is 0 Å². The molecular weight excluding hydrogens is 696 g/mol. The molecule has 4 aliphatic rings. The van der Waals surface area contributed by atoms with Gasteiger partial charge in [0, 0.05) is 59.5 Å². The topological polar surface area (TPSA) is 197 Å². The first-order valence-corrected chi connectivity index (χ1v) is 18.0. The van der Waals surface area contributed by atoms with E-state index in [2.05, 4.69) is 16.3 Å². The van der Waals surface area contributed by atoms with E-state index in [4.69, 9.17) is 28.8 Å². The monoisotopic (exact) mass is 738 g/mol. The molecule has 1 saturated heterocycles. The van der Waals surface area contributed by atoms with Gasteiger partial charge in [0.25, 0.3) is 6.47 Å². The lowest BCUT2D eigenvalue weighted by atomic mass is 9.71. The highest BCUT2D eigenvalue weighted by Gasteiger charge is 2.60. The first kappa shape index (κ1) is 37.1. The lowest BCUT2D eigenvalue weighted by Gasteiger charge is -2.61. The number of aromatic hydroxyl groups is 1. The number of thioether (sulfide) groups is 1. The molecule has 2 aromatic rings. The second-order valence-corrected chi connectivity index (χ2v) is 14.7. The van der Waals surface area contributed by atoms with Crippen LogP contribution in [0.5, 0.6) is 28.7 Å². The van der Waals surface area contributed by atoms with Crippen LogP contribution in [-0.4, -0.2) is 102 Å². The standard InChI is InChI=1S/C36H42N4O11S/c1-16-9-20-10-21-22(11-37)40-23(12-48-14-41)27-28(33(51-19(4)42)18(3)34-35(27)50-15-49-34)36(52-13-17(2)38-24(43)7-8-25(44)45)30(40)29(39(21)5)26(20)31(46)32(16)47-6/h9,14,17,21-23,29-30,36,46H,7-8,10,12-13,15H2,1-6H3,(H,38,43)(H,44,45)/t17-,21+,22+,23+,29+,30?,36-/m1/s1. The Morgan fingerprint density at radius 1 is 1.17 bits per heavy atom. The van der Waals surface area contributed by atoms with Crippen molar-refractivity contribution in [2.45, 2.75) is 88.5 Å². The molecule has 0 aliphatic carbocycles. The van der Waals surface area contributed by atoms with Gasteiger partial charge in [-0.05, 0) is 45.4 Å². The lowest BCUT2D eigenvalue weighted by molar-refractivity contribution is -0.139. The Hall–Kier alpha value is -4.72. The number of carboxylic acids is 1. The van der Waals surface area contributed by atoms with Crippen LogP contribution in [0.15, 0.2) is 6.07 Å². The number of phenols is 1. The number of phenolic OH excluding ortho intramolecular Hbond substituents is 1. The van der Waals surface area contributed by atoms with E-state index >= 15 is 0 Å². The number of benzene rings is 2. The second-order valence-electron chi connectivity index (χ2n) is 13.5. The predicted molar refractivity (Wildman–Crippen MR) is 185 cm³/mol. The summed E-state index contributed by atoms with van der Waals surface area (Å²) < 4.78 is 29.2. The normalized spacial score (nSPS) is 24.7. The minimum atomic E-state index is -1.08. The van der Waals surface area contributed by atoms with Crippen molar-refractivity contribution in [3.05, 3.63) is 39.4 Å². The third kappa shape index (κ3) is 6.24. The van der Waals surface area contributed by atoms with E-state index in [1.54, 1.807) is 6.92 Å². The number of hydrogen-bond donors (Lipinski definition) is 3. The minimum Gasteiger partial charge on any atom is -0.504 e. The van der Waals surface area contributed by atoms with Gasteiger partial charge in [0.15, 0.2) is 23.0 Å². The summed E-state index contributed by atoms with van der Waals surface area (Å²) >= 11 is 1.45. The first-order valence-electron chi connectivity index (χ1n) is 16.9. The number of nitrogens with zero attached hydrogens (tertiary/aromatic N) is 3. The number of carbonyl (C=O) groups excluding carboxylic acids is 3. The summed E-state index contributed by atoms with van der Waals surface area (Å²) in [4.78, 5) is 52.4. The average molecular weight is 739 g/mol. The minimum absolute atomic E-state index is 0.0143. The van der Waals surface area contributed by atoms with Gasteiger partial charge < -0.3 is 39.2 Å². The van der Waals surface area contributed by atoms with Crippen molar-refractivity contribution in [2.24, 2.45) is 0 Å². The molecule has 278 valence electrons. The van der Waals surface area contributed by atoms with Crippen LogP contribution in [0.1, 0.15) is 77.4 Å². The van der Waals surface area contributed by atoms with Gasteiger partial charge in [-0.15, -0.1) is 11.8 Å². The number of likely N-dealkylation sites (N-methyl/N-ethyl adjacent to an activating group) is 1. The number of ether oxygens (including phenoxy) is 5. The number of methoxy groups -OCH3 is 1. The van der Waals surface area contributed by atoms with Crippen molar-refractivity contribution in [2.75, 3.05) is 33.3 Å². The van der Waals surface area contributed by atoms with Crippen molar-refractivity contribution in [1.82, 2.24) is 15.1 Å². The molecule has 1 fully saturated rings. The molecule has 15 nitrogen and oxygen atoms in total. The number of carbonyl (C=O) groups is 4. The van der Waals surface area contributed by atoms with E-state index in [9.17, 15) is 29.5 Å². The third-order valence-electron chi connectivity index (χ3n) is 10.4. The molecule has 16 heteroatoms. The summed E-state index contributed by atoms with van der Waals surface area (Å²) in [6.07, 6.45) is -0.0460. The highest BCUT2D eigenvalue weighted by molar-refractivity contribution is 7.99. The number of hydrogen-bond acceptors (Lipinski definition) is 14. The van der Waals surface area contributed by atoms with Crippen molar-refractivity contribution in [1.29, 1.82) is 5.26 Å². The number of nitriles is 1. The Kier molecular flexibility index (Phi) is 10.5. The Labute approximate surface area is 305 Å². The van der Waals surface area contributed by atoms with Crippen LogP contribution in [0.4, 0.5) is 0 Å². The number of rotatable bonds is 12. The molecule has 1 amide bonds. The van der Waals surface area contributed by atoms with Gasteiger partial charge in [-0.3, -0.25) is 29.0 Å². The molecule has 3 N–H and O–H groups in total. The van der Waals surface area contributed by atoms with Crippen LogP contribution >= 0.6 is 11.8 Å². The molecule has 2 bridgehead atoms. The number of carboxylic acid groups (broad SMARTS) is 1. The van der Waals surface area contributed by atoms with E-state index in [0.29, 0.717) is 58.1 Å². The number of fused-ring (bicyclic) bond motifs is 9. The molecule has 2 aromatic carbocycles. The maximum absolute atomic E-state index is 12.8. The van der Waals surface area contributed by atoms with Crippen molar-refractivity contribution in [3.8, 4) is 34.8 Å². The second kappa shape index (κ2) is 14.7. The summed E-state index contributed by atoms with van der Waals surface area (Å²) in [5.41, 5.74) is 3.92. The van der Waals surface area contributed by atoms with E-state index in [1.165, 1.54) is 25.8 Å². The first-order chi connectivity index (χ1) is 24.8. The molecule has 4 heterocycles. The zero-order chi connectivity index (χ0) is 37.6. The molecular formula is C36H42N4O11S. The number of esters is 1. The molecule has 7 atom stereocenters. The summed E-state index contributed by atoms with van der Waals surface area (Å²) in [5, 5.41) is 34.2. The molecule has 52 heavy (non-hydrogen) atoms. The lowest BCUT2D eigenvalue weighted by Crippen LogP contribution is -2.69. The maximum Gasteiger partial charge on any atom is 0.308 e. The fraction of sp³-hybridized carbons (Fsp3) is 0.528. The molecule has 0 spiro atoms. The third-order valence-corrected chi connectivity index (χ3v) is 11.9. The Bertz CT molecular complexity index is 1850. The zero-order valence-electron chi connectivity index (χ0n) is 29.8. The summed E-state index contributed by atoms with van der Waals surface area (Å²) in [6, 6.07) is 1.09. The number of nitrogens with one attached hydrogen (secondary N) is 1. The van der Waals surface area contributed by atoms with Gasteiger partial charge >= 0.3 is 11.9 Å². The van der Waals surface area contributed by atoms with Gasteiger partial charge in [-0.1, -0.05) is 6.07 Å². The summed E-state index contributed by atoms with van der Waals surface area (Å²) in [7, 11) is 3.41. The number of aryl methyl sites for hydroxylation is 1. The van der Waals surface area contributed by atoms with Crippen LogP contribution in [-0.2, 0) is 30.3 Å². The van der Waals surface area contributed by atoms with Crippen LogP contribution < -0.4 is 24.3 Å². The summed E-state index contributed by atoms with van der Waals surface area (Å²) in [6.45, 7) is 6.79. The smallest absolute Gasteiger partial charge is 0.308 e. The van der Waals surface area contributed by atoms with E-state index in [-0.39, 0.29) is 43.8 Å². The largest absolute Gasteiger partial charge is 0.504 e. The van der Waals surface area contributed by atoms with Gasteiger partial charge in [0.2, 0.25) is 12.7 Å². The van der Waals surface area contributed by atoms with Crippen molar-refractivity contribution in [3.63, 3.8) is 0 Å². The van der Waals surface area contributed by atoms with E-state index in [0.717, 1.165) is 11.1 Å². The number of aliphatic carboxylic acids is 1. The summed E-state index contributed by atoms with van der Waals surface area (Å²) in [5.74, 6) is -0.413.